The molecule has 0 radical (unpaired) electrons. The predicted octanol–water partition coefficient (Wildman–Crippen LogP) is 3.07. The minimum Gasteiger partial charge on any atom is -0.341 e. The number of nitrogens with one attached hydrogen (secondary N) is 2. The van der Waals surface area contributed by atoms with Crippen LogP contribution in [0.25, 0.3) is 0 Å². The molecule has 0 aliphatic carbocycles. The average molecular weight is 379 g/mol. The third-order valence-corrected chi connectivity index (χ3v) is 4.89. The molecule has 28 heavy (non-hydrogen) atoms. The lowest BCUT2D eigenvalue weighted by Gasteiger charge is -2.23. The lowest BCUT2D eigenvalue weighted by atomic mass is 10.1. The van der Waals surface area contributed by atoms with Crippen LogP contribution in [0.1, 0.15) is 46.9 Å². The van der Waals surface area contributed by atoms with Crippen molar-refractivity contribution in [3.8, 4) is 0 Å². The van der Waals surface area contributed by atoms with E-state index in [1.165, 1.54) is 0 Å². The Morgan fingerprint density at radius 2 is 1.57 bits per heavy atom. The molecule has 6 nitrogen and oxygen atoms in total. The minimum atomic E-state index is -0.566. The van der Waals surface area contributed by atoms with Gasteiger partial charge in [-0.1, -0.05) is 37.3 Å². The molecule has 0 saturated carbocycles. The Hall–Kier alpha value is -3.15. The Bertz CT molecular complexity index is 845. The zero-order valence-corrected chi connectivity index (χ0v) is 16.0. The molecule has 2 aromatic carbocycles. The van der Waals surface area contributed by atoms with E-state index in [2.05, 4.69) is 10.6 Å². The van der Waals surface area contributed by atoms with Crippen LogP contribution < -0.4 is 10.6 Å². The highest BCUT2D eigenvalue weighted by molar-refractivity contribution is 6.09. The van der Waals surface area contributed by atoms with E-state index in [0.29, 0.717) is 23.2 Å². The molecule has 2 N–H and O–H groups in total. The van der Waals surface area contributed by atoms with Gasteiger partial charge >= 0.3 is 0 Å². The van der Waals surface area contributed by atoms with Gasteiger partial charge in [0, 0.05) is 18.7 Å². The molecule has 0 spiro atoms. The van der Waals surface area contributed by atoms with Crippen molar-refractivity contribution < 1.29 is 14.4 Å². The van der Waals surface area contributed by atoms with Crippen LogP contribution in [0.2, 0.25) is 0 Å². The Labute approximate surface area is 164 Å². The monoisotopic (exact) mass is 379 g/mol. The number of para-hydroxylation sites is 1. The second kappa shape index (κ2) is 9.17. The van der Waals surface area contributed by atoms with Gasteiger partial charge in [-0.15, -0.1) is 0 Å². The molecular formula is C22H25N3O3. The van der Waals surface area contributed by atoms with E-state index in [-0.39, 0.29) is 17.7 Å². The summed E-state index contributed by atoms with van der Waals surface area (Å²) in [6.07, 6.45) is 2.52. The van der Waals surface area contributed by atoms with Crippen molar-refractivity contribution in [1.82, 2.24) is 10.2 Å². The number of likely N-dealkylation sites (tertiary alicyclic amines) is 1. The Kier molecular flexibility index (Phi) is 6.42. The average Bonchev–Trinajstić information content (AvgIpc) is 3.27. The topological polar surface area (TPSA) is 78.5 Å². The normalized spacial score (nSPS) is 14.4. The van der Waals surface area contributed by atoms with Crippen LogP contribution in [0.4, 0.5) is 5.69 Å². The molecule has 1 aliphatic rings. The Morgan fingerprint density at radius 3 is 2.25 bits per heavy atom. The second-order valence-electron chi connectivity index (χ2n) is 6.83. The summed E-state index contributed by atoms with van der Waals surface area (Å²) < 4.78 is 0. The zero-order valence-electron chi connectivity index (χ0n) is 16.0. The Morgan fingerprint density at radius 1 is 0.929 bits per heavy atom. The maximum atomic E-state index is 12.8. The minimum absolute atomic E-state index is 0.0425. The highest BCUT2D eigenvalue weighted by Gasteiger charge is 2.27. The van der Waals surface area contributed by atoms with Crippen molar-refractivity contribution in [1.29, 1.82) is 0 Å². The molecule has 3 rings (SSSR count). The standard InChI is InChI=1S/C22H25N3O3/c1-2-18(22(28)25-14-8-9-15-25)23-21(27)17-12-6-7-13-19(17)24-20(26)16-10-4-3-5-11-16/h3-7,10-13,18H,2,8-9,14-15H2,1H3,(H,23,27)(H,24,26)/t18-/m0/s1. The van der Waals surface area contributed by atoms with E-state index >= 15 is 0 Å². The maximum Gasteiger partial charge on any atom is 0.255 e. The first-order chi connectivity index (χ1) is 13.6. The predicted molar refractivity (Wildman–Crippen MR) is 108 cm³/mol. The fraction of sp³-hybridized carbons (Fsp3) is 0.318. The van der Waals surface area contributed by atoms with E-state index in [4.69, 9.17) is 0 Å². The van der Waals surface area contributed by atoms with Gasteiger partial charge in [0.25, 0.3) is 11.8 Å². The van der Waals surface area contributed by atoms with Gasteiger partial charge in [0.05, 0.1) is 11.3 Å². The summed E-state index contributed by atoms with van der Waals surface area (Å²) >= 11 is 0. The number of nitrogens with zero attached hydrogens (tertiary/aromatic N) is 1. The van der Waals surface area contributed by atoms with Crippen LogP contribution in [0, 0.1) is 0 Å². The number of hydrogen-bond donors (Lipinski definition) is 2. The molecule has 0 bridgehead atoms. The Balaban J connectivity index is 1.73. The van der Waals surface area contributed by atoms with Crippen molar-refractivity contribution >= 4 is 23.4 Å². The van der Waals surface area contributed by atoms with Gasteiger partial charge in [0.1, 0.15) is 6.04 Å². The lowest BCUT2D eigenvalue weighted by molar-refractivity contribution is -0.132. The first-order valence-corrected chi connectivity index (χ1v) is 9.65. The second-order valence-corrected chi connectivity index (χ2v) is 6.83. The molecular weight excluding hydrogens is 354 g/mol. The summed E-state index contributed by atoms with van der Waals surface area (Å²) in [6, 6.07) is 15.1. The van der Waals surface area contributed by atoms with E-state index in [9.17, 15) is 14.4 Å². The molecule has 1 heterocycles. The van der Waals surface area contributed by atoms with Crippen LogP contribution in [-0.2, 0) is 4.79 Å². The van der Waals surface area contributed by atoms with Gasteiger partial charge in [-0.05, 0) is 43.5 Å². The van der Waals surface area contributed by atoms with Gasteiger partial charge in [0.2, 0.25) is 5.91 Å². The number of amides is 3. The zero-order chi connectivity index (χ0) is 19.9. The van der Waals surface area contributed by atoms with Gasteiger partial charge in [0.15, 0.2) is 0 Å². The third-order valence-electron chi connectivity index (χ3n) is 4.89. The highest BCUT2D eigenvalue weighted by Crippen LogP contribution is 2.17. The third kappa shape index (κ3) is 4.57. The molecule has 1 saturated heterocycles. The van der Waals surface area contributed by atoms with Gasteiger partial charge < -0.3 is 15.5 Å². The van der Waals surface area contributed by atoms with Crippen molar-refractivity contribution in [3.05, 3.63) is 65.7 Å². The summed E-state index contributed by atoms with van der Waals surface area (Å²) in [5.74, 6) is -0.705. The fourth-order valence-electron chi connectivity index (χ4n) is 3.31. The van der Waals surface area contributed by atoms with Crippen LogP contribution >= 0.6 is 0 Å². The van der Waals surface area contributed by atoms with Gasteiger partial charge in [-0.25, -0.2) is 0 Å². The van der Waals surface area contributed by atoms with Crippen LogP contribution in [-0.4, -0.2) is 41.8 Å². The summed E-state index contributed by atoms with van der Waals surface area (Å²) in [7, 11) is 0. The summed E-state index contributed by atoms with van der Waals surface area (Å²) in [5, 5.41) is 5.62. The lowest BCUT2D eigenvalue weighted by Crippen LogP contribution is -2.47. The number of hydrogen-bond acceptors (Lipinski definition) is 3. The quantitative estimate of drug-likeness (QED) is 0.810. The smallest absolute Gasteiger partial charge is 0.255 e. The first kappa shape index (κ1) is 19.6. The van der Waals surface area contributed by atoms with Crippen molar-refractivity contribution in [2.45, 2.75) is 32.2 Å². The number of benzene rings is 2. The molecule has 1 aliphatic heterocycles. The number of carbonyl (C=O) groups excluding carboxylic acids is 3. The van der Waals surface area contributed by atoms with Crippen LogP contribution in [0.5, 0.6) is 0 Å². The first-order valence-electron chi connectivity index (χ1n) is 9.65. The maximum absolute atomic E-state index is 12.8. The van der Waals surface area contributed by atoms with E-state index < -0.39 is 6.04 Å². The van der Waals surface area contributed by atoms with E-state index in [0.717, 1.165) is 25.9 Å². The molecule has 0 aromatic heterocycles. The molecule has 1 atom stereocenters. The molecule has 2 aromatic rings. The van der Waals surface area contributed by atoms with Gasteiger partial charge in [-0.2, -0.15) is 0 Å². The van der Waals surface area contributed by atoms with E-state index in [1.54, 1.807) is 53.4 Å². The molecule has 1 fully saturated rings. The van der Waals surface area contributed by atoms with Crippen molar-refractivity contribution in [2.75, 3.05) is 18.4 Å². The summed E-state index contributed by atoms with van der Waals surface area (Å²) in [5.41, 5.74) is 1.25. The molecule has 6 heteroatoms. The van der Waals surface area contributed by atoms with Crippen molar-refractivity contribution in [3.63, 3.8) is 0 Å². The summed E-state index contributed by atoms with van der Waals surface area (Å²) in [4.78, 5) is 39.7. The highest BCUT2D eigenvalue weighted by atomic mass is 16.2. The molecule has 3 amide bonds. The summed E-state index contributed by atoms with van der Waals surface area (Å²) in [6.45, 7) is 3.37. The van der Waals surface area contributed by atoms with Crippen LogP contribution in [0.3, 0.4) is 0 Å². The fourth-order valence-corrected chi connectivity index (χ4v) is 3.31. The number of anilines is 1. The molecule has 146 valence electrons. The number of rotatable bonds is 6. The van der Waals surface area contributed by atoms with Crippen molar-refractivity contribution in [2.24, 2.45) is 0 Å². The number of carbonyl (C=O) groups is 3. The van der Waals surface area contributed by atoms with Crippen LogP contribution in [0.15, 0.2) is 54.6 Å². The van der Waals surface area contributed by atoms with Gasteiger partial charge in [-0.3, -0.25) is 14.4 Å². The largest absolute Gasteiger partial charge is 0.341 e. The van der Waals surface area contributed by atoms with E-state index in [1.807, 2.05) is 13.0 Å². The SMILES string of the molecule is CC[C@H](NC(=O)c1ccccc1NC(=O)c1ccccc1)C(=O)N1CCCC1. The molecule has 0 unspecified atom stereocenters.